The molecule has 0 aromatic heterocycles. The Labute approximate surface area is 73.5 Å². The van der Waals surface area contributed by atoms with Crippen LogP contribution in [-0.4, -0.2) is 31.2 Å². The Hall–Kier alpha value is -0.610. The van der Waals surface area contributed by atoms with Crippen LogP contribution in [-0.2, 0) is 9.53 Å². The van der Waals surface area contributed by atoms with E-state index in [2.05, 4.69) is 5.32 Å². The molecule has 0 aromatic carbocycles. The molecule has 12 heavy (non-hydrogen) atoms. The van der Waals surface area contributed by atoms with Crippen molar-refractivity contribution in [1.82, 2.24) is 5.32 Å². The Kier molecular flexibility index (Phi) is 4.85. The highest BCUT2D eigenvalue weighted by Gasteiger charge is 2.22. The maximum atomic E-state index is 10.8. The second-order valence-electron chi connectivity index (χ2n) is 3.11. The molecular formula is C8H18N2O2. The normalized spacial score (nSPS) is 11.6. The van der Waals surface area contributed by atoms with Crippen LogP contribution in [0.15, 0.2) is 0 Å². The topological polar surface area (TPSA) is 64.3 Å². The van der Waals surface area contributed by atoms with Crippen molar-refractivity contribution >= 4 is 5.91 Å². The largest absolute Gasteiger partial charge is 0.380 e. The number of hydrogen-bond acceptors (Lipinski definition) is 3. The fourth-order valence-corrected chi connectivity index (χ4v) is 0.667. The van der Waals surface area contributed by atoms with E-state index >= 15 is 0 Å². The van der Waals surface area contributed by atoms with Crippen LogP contribution in [0.5, 0.6) is 0 Å². The second-order valence-corrected chi connectivity index (χ2v) is 3.11. The molecule has 0 bridgehead atoms. The van der Waals surface area contributed by atoms with Crippen LogP contribution < -0.4 is 11.1 Å². The Morgan fingerprint density at radius 1 is 1.58 bits per heavy atom. The van der Waals surface area contributed by atoms with Crippen molar-refractivity contribution in [3.05, 3.63) is 0 Å². The van der Waals surface area contributed by atoms with Gasteiger partial charge >= 0.3 is 0 Å². The van der Waals surface area contributed by atoms with Gasteiger partial charge in [-0.3, -0.25) is 4.79 Å². The first kappa shape index (κ1) is 11.4. The van der Waals surface area contributed by atoms with Gasteiger partial charge in [0.05, 0.1) is 12.1 Å². The quantitative estimate of drug-likeness (QED) is 0.552. The molecular weight excluding hydrogens is 156 g/mol. The zero-order valence-corrected chi connectivity index (χ0v) is 8.02. The van der Waals surface area contributed by atoms with Crippen molar-refractivity contribution in [2.45, 2.75) is 26.3 Å². The molecule has 0 spiro atoms. The zero-order chi connectivity index (χ0) is 9.61. The van der Waals surface area contributed by atoms with Crippen LogP contribution in [0.2, 0.25) is 0 Å². The lowest BCUT2D eigenvalue weighted by molar-refractivity contribution is -0.123. The van der Waals surface area contributed by atoms with E-state index in [4.69, 9.17) is 10.5 Å². The Morgan fingerprint density at radius 3 is 2.58 bits per heavy atom. The number of primary amides is 1. The van der Waals surface area contributed by atoms with Crippen molar-refractivity contribution in [2.75, 3.05) is 19.8 Å². The van der Waals surface area contributed by atoms with Gasteiger partial charge in [0.1, 0.15) is 0 Å². The van der Waals surface area contributed by atoms with Gasteiger partial charge in [-0.25, -0.2) is 0 Å². The smallest absolute Gasteiger partial charge is 0.237 e. The molecule has 0 aliphatic rings. The number of nitrogens with two attached hydrogens (primary N) is 1. The summed E-state index contributed by atoms with van der Waals surface area (Å²) in [6.45, 7) is 7.37. The molecule has 1 amide bonds. The third-order valence-corrected chi connectivity index (χ3v) is 1.63. The third-order valence-electron chi connectivity index (χ3n) is 1.63. The number of nitrogens with one attached hydrogen (secondary N) is 1. The van der Waals surface area contributed by atoms with Crippen LogP contribution in [0.25, 0.3) is 0 Å². The van der Waals surface area contributed by atoms with E-state index in [9.17, 15) is 4.79 Å². The van der Waals surface area contributed by atoms with Crippen LogP contribution >= 0.6 is 0 Å². The van der Waals surface area contributed by atoms with Gasteiger partial charge in [-0.1, -0.05) is 0 Å². The molecule has 0 atom stereocenters. The number of hydrogen-bond donors (Lipinski definition) is 2. The molecule has 0 rings (SSSR count). The first-order valence-corrected chi connectivity index (χ1v) is 4.13. The molecule has 0 radical (unpaired) electrons. The summed E-state index contributed by atoms with van der Waals surface area (Å²) in [7, 11) is 0. The van der Waals surface area contributed by atoms with Crippen LogP contribution in [0, 0.1) is 0 Å². The SMILES string of the molecule is CCOCCNC(C)(C)C(N)=O. The summed E-state index contributed by atoms with van der Waals surface area (Å²) in [6, 6.07) is 0. The van der Waals surface area contributed by atoms with Gasteiger partial charge in [-0.15, -0.1) is 0 Å². The van der Waals surface area contributed by atoms with E-state index in [1.165, 1.54) is 0 Å². The van der Waals surface area contributed by atoms with E-state index < -0.39 is 5.54 Å². The molecule has 4 nitrogen and oxygen atoms in total. The zero-order valence-electron chi connectivity index (χ0n) is 8.02. The number of carbonyl (C=O) groups is 1. The lowest BCUT2D eigenvalue weighted by Gasteiger charge is -2.21. The molecule has 72 valence electrons. The van der Waals surface area contributed by atoms with Crippen LogP contribution in [0.1, 0.15) is 20.8 Å². The minimum absolute atomic E-state index is 0.348. The van der Waals surface area contributed by atoms with Crippen LogP contribution in [0.4, 0.5) is 0 Å². The predicted molar refractivity (Wildman–Crippen MR) is 47.8 cm³/mol. The summed E-state index contributed by atoms with van der Waals surface area (Å²) in [5.74, 6) is -0.348. The average Bonchev–Trinajstić information content (AvgIpc) is 1.98. The third kappa shape index (κ3) is 4.31. The van der Waals surface area contributed by atoms with Gasteiger partial charge in [-0.2, -0.15) is 0 Å². The number of amides is 1. The highest BCUT2D eigenvalue weighted by Crippen LogP contribution is 1.98. The maximum Gasteiger partial charge on any atom is 0.237 e. The van der Waals surface area contributed by atoms with Gasteiger partial charge in [0.2, 0.25) is 5.91 Å². The van der Waals surface area contributed by atoms with Gasteiger partial charge < -0.3 is 15.8 Å². The Morgan fingerprint density at radius 2 is 2.17 bits per heavy atom. The molecule has 3 N–H and O–H groups in total. The molecule has 0 aliphatic heterocycles. The first-order chi connectivity index (χ1) is 5.50. The van der Waals surface area contributed by atoms with Gasteiger partial charge in [0, 0.05) is 13.2 Å². The second kappa shape index (κ2) is 5.11. The minimum atomic E-state index is -0.642. The molecule has 4 heteroatoms. The number of carbonyl (C=O) groups excluding carboxylic acids is 1. The highest BCUT2D eigenvalue weighted by molar-refractivity contribution is 5.83. The fraction of sp³-hybridized carbons (Fsp3) is 0.875. The van der Waals surface area contributed by atoms with Gasteiger partial charge in [0.15, 0.2) is 0 Å². The highest BCUT2D eigenvalue weighted by atomic mass is 16.5. The summed E-state index contributed by atoms with van der Waals surface area (Å²) >= 11 is 0. The first-order valence-electron chi connectivity index (χ1n) is 4.13. The molecule has 0 aromatic rings. The molecule has 0 saturated carbocycles. The lowest BCUT2D eigenvalue weighted by Crippen LogP contribution is -2.51. The molecule has 0 unspecified atom stereocenters. The minimum Gasteiger partial charge on any atom is -0.380 e. The standard InChI is InChI=1S/C8H18N2O2/c1-4-12-6-5-10-8(2,3)7(9)11/h10H,4-6H2,1-3H3,(H2,9,11). The summed E-state index contributed by atoms with van der Waals surface area (Å²) in [4.78, 5) is 10.8. The van der Waals surface area contributed by atoms with Crippen LogP contribution in [0.3, 0.4) is 0 Å². The van der Waals surface area contributed by atoms with E-state index in [1.54, 1.807) is 13.8 Å². The summed E-state index contributed by atoms with van der Waals surface area (Å²) in [5.41, 5.74) is 4.50. The monoisotopic (exact) mass is 174 g/mol. The number of ether oxygens (including phenoxy) is 1. The van der Waals surface area contributed by atoms with Crippen molar-refractivity contribution in [2.24, 2.45) is 5.73 Å². The van der Waals surface area contributed by atoms with Crippen molar-refractivity contribution < 1.29 is 9.53 Å². The molecule has 0 aliphatic carbocycles. The molecule has 0 saturated heterocycles. The Bertz CT molecular complexity index is 146. The Balaban J connectivity index is 3.54. The molecule has 0 fully saturated rings. The molecule has 0 heterocycles. The van der Waals surface area contributed by atoms with E-state index in [-0.39, 0.29) is 5.91 Å². The lowest BCUT2D eigenvalue weighted by atomic mass is 10.1. The predicted octanol–water partition coefficient (Wildman–Crippen LogP) is -0.124. The van der Waals surface area contributed by atoms with Gasteiger partial charge in [-0.05, 0) is 20.8 Å². The van der Waals surface area contributed by atoms with Gasteiger partial charge in [0.25, 0.3) is 0 Å². The van der Waals surface area contributed by atoms with E-state index in [0.29, 0.717) is 19.8 Å². The average molecular weight is 174 g/mol. The van der Waals surface area contributed by atoms with Crippen molar-refractivity contribution in [3.8, 4) is 0 Å². The summed E-state index contributed by atoms with van der Waals surface area (Å²) < 4.78 is 5.09. The van der Waals surface area contributed by atoms with Crippen molar-refractivity contribution in [3.63, 3.8) is 0 Å². The summed E-state index contributed by atoms with van der Waals surface area (Å²) in [5, 5.41) is 2.99. The summed E-state index contributed by atoms with van der Waals surface area (Å²) in [6.07, 6.45) is 0. The van der Waals surface area contributed by atoms with E-state index in [1.807, 2.05) is 6.92 Å². The van der Waals surface area contributed by atoms with E-state index in [0.717, 1.165) is 0 Å². The number of rotatable bonds is 6. The maximum absolute atomic E-state index is 10.8. The van der Waals surface area contributed by atoms with Crippen molar-refractivity contribution in [1.29, 1.82) is 0 Å². The fourth-order valence-electron chi connectivity index (χ4n) is 0.667.